The van der Waals surface area contributed by atoms with E-state index in [1.807, 2.05) is 13.8 Å². The molecule has 0 heterocycles. The van der Waals surface area contributed by atoms with Gasteiger partial charge in [-0.15, -0.1) is 0 Å². The van der Waals surface area contributed by atoms with E-state index < -0.39 is 5.41 Å². The second-order valence-electron chi connectivity index (χ2n) is 6.85. The molecule has 0 aromatic heterocycles. The Labute approximate surface area is 105 Å². The molecule has 0 aromatic rings. The van der Waals surface area contributed by atoms with Gasteiger partial charge < -0.3 is 0 Å². The number of Topliss-reactive ketones (excluding diaryl/α,β-unsaturated/α-hetero) is 1. The lowest BCUT2D eigenvalue weighted by Crippen LogP contribution is -2.32. The fourth-order valence-corrected chi connectivity index (χ4v) is 3.23. The Kier molecular flexibility index (Phi) is 4.02. The third-order valence-corrected chi connectivity index (χ3v) is 4.01. The number of hydrogen-bond donors (Lipinski definition) is 0. The molecule has 1 saturated carbocycles. The molecule has 2 heteroatoms. The molecule has 0 radical (unpaired) electrons. The van der Waals surface area contributed by atoms with E-state index in [1.54, 1.807) is 0 Å². The van der Waals surface area contributed by atoms with E-state index in [0.717, 1.165) is 25.7 Å². The van der Waals surface area contributed by atoms with Crippen LogP contribution in [-0.2, 0) is 4.79 Å². The maximum Gasteiger partial charge on any atom is 0.158 e. The topological polar surface area (TPSA) is 40.9 Å². The zero-order valence-electron chi connectivity index (χ0n) is 11.8. The third-order valence-electron chi connectivity index (χ3n) is 4.01. The number of rotatable bonds is 4. The predicted octanol–water partition coefficient (Wildman–Crippen LogP) is 3.96. The van der Waals surface area contributed by atoms with Gasteiger partial charge in [0.05, 0.1) is 6.07 Å². The molecular formula is C15H25NO. The van der Waals surface area contributed by atoms with E-state index in [-0.39, 0.29) is 11.2 Å². The SMILES string of the molecule is CC(C)CC(C)CC1(C#N)CCC(C)(C)C1=O. The first-order valence-corrected chi connectivity index (χ1v) is 6.70. The Morgan fingerprint density at radius 1 is 1.29 bits per heavy atom. The molecule has 2 nitrogen and oxygen atoms in total. The molecule has 96 valence electrons. The van der Waals surface area contributed by atoms with Crippen molar-refractivity contribution >= 4 is 5.78 Å². The normalized spacial score (nSPS) is 29.4. The summed E-state index contributed by atoms with van der Waals surface area (Å²) in [7, 11) is 0. The summed E-state index contributed by atoms with van der Waals surface area (Å²) < 4.78 is 0. The summed E-state index contributed by atoms with van der Waals surface area (Å²) in [6.07, 6.45) is 3.44. The largest absolute Gasteiger partial charge is 0.297 e. The van der Waals surface area contributed by atoms with Crippen molar-refractivity contribution in [1.29, 1.82) is 5.26 Å². The Morgan fingerprint density at radius 3 is 2.24 bits per heavy atom. The van der Waals surface area contributed by atoms with Crippen molar-refractivity contribution < 1.29 is 4.79 Å². The summed E-state index contributed by atoms with van der Waals surface area (Å²) >= 11 is 0. The molecule has 1 aliphatic carbocycles. The molecule has 0 bridgehead atoms. The molecule has 1 rings (SSSR count). The number of carbonyl (C=O) groups excluding carboxylic acids is 1. The molecule has 0 amide bonds. The van der Waals surface area contributed by atoms with Crippen molar-refractivity contribution in [2.24, 2.45) is 22.7 Å². The van der Waals surface area contributed by atoms with Gasteiger partial charge in [0.2, 0.25) is 0 Å². The van der Waals surface area contributed by atoms with Crippen LogP contribution in [0.25, 0.3) is 0 Å². The van der Waals surface area contributed by atoms with Crippen LogP contribution in [0, 0.1) is 34.0 Å². The number of nitriles is 1. The van der Waals surface area contributed by atoms with E-state index in [4.69, 9.17) is 0 Å². The van der Waals surface area contributed by atoms with E-state index in [9.17, 15) is 10.1 Å². The predicted molar refractivity (Wildman–Crippen MR) is 69.3 cm³/mol. The highest BCUT2D eigenvalue weighted by atomic mass is 16.1. The minimum absolute atomic E-state index is 0.170. The van der Waals surface area contributed by atoms with Gasteiger partial charge >= 0.3 is 0 Å². The van der Waals surface area contributed by atoms with Crippen molar-refractivity contribution in [1.82, 2.24) is 0 Å². The summed E-state index contributed by atoms with van der Waals surface area (Å²) in [5, 5.41) is 9.43. The highest BCUT2D eigenvalue weighted by molar-refractivity contribution is 5.94. The molecular weight excluding hydrogens is 210 g/mol. The second-order valence-corrected chi connectivity index (χ2v) is 6.85. The van der Waals surface area contributed by atoms with Crippen molar-refractivity contribution in [3.05, 3.63) is 0 Å². The van der Waals surface area contributed by atoms with Crippen LogP contribution in [-0.4, -0.2) is 5.78 Å². The van der Waals surface area contributed by atoms with Crippen LogP contribution < -0.4 is 0 Å². The summed E-state index contributed by atoms with van der Waals surface area (Å²) in [4.78, 5) is 12.4. The van der Waals surface area contributed by atoms with Gasteiger partial charge in [-0.3, -0.25) is 4.79 Å². The van der Waals surface area contributed by atoms with E-state index >= 15 is 0 Å². The van der Waals surface area contributed by atoms with Crippen molar-refractivity contribution in [2.75, 3.05) is 0 Å². The highest BCUT2D eigenvalue weighted by Crippen LogP contribution is 2.49. The van der Waals surface area contributed by atoms with Crippen LogP contribution in [0.4, 0.5) is 0 Å². The summed E-state index contributed by atoms with van der Waals surface area (Å²) in [6, 6.07) is 2.34. The Balaban J connectivity index is 2.79. The first kappa shape index (κ1) is 14.2. The lowest BCUT2D eigenvalue weighted by molar-refractivity contribution is -0.130. The third kappa shape index (κ3) is 2.89. The van der Waals surface area contributed by atoms with Crippen LogP contribution in [0.5, 0.6) is 0 Å². The van der Waals surface area contributed by atoms with Crippen molar-refractivity contribution in [3.63, 3.8) is 0 Å². The van der Waals surface area contributed by atoms with Crippen LogP contribution in [0.3, 0.4) is 0 Å². The zero-order valence-corrected chi connectivity index (χ0v) is 11.8. The average Bonchev–Trinajstić information content (AvgIpc) is 2.42. The van der Waals surface area contributed by atoms with Gasteiger partial charge in [0, 0.05) is 5.41 Å². The Morgan fingerprint density at radius 2 is 1.88 bits per heavy atom. The average molecular weight is 235 g/mol. The highest BCUT2D eigenvalue weighted by Gasteiger charge is 2.52. The van der Waals surface area contributed by atoms with Gasteiger partial charge in [0.15, 0.2) is 5.78 Å². The molecule has 2 atom stereocenters. The smallest absolute Gasteiger partial charge is 0.158 e. The van der Waals surface area contributed by atoms with Gasteiger partial charge in [-0.05, 0) is 37.5 Å². The monoisotopic (exact) mass is 235 g/mol. The quantitative estimate of drug-likeness (QED) is 0.740. The Hall–Kier alpha value is -0.840. The standard InChI is InChI=1S/C15H25NO/c1-11(2)8-12(3)9-15(10-16)7-6-14(4,5)13(15)17/h11-12H,6-9H2,1-5H3. The van der Waals surface area contributed by atoms with E-state index in [2.05, 4.69) is 26.8 Å². The minimum Gasteiger partial charge on any atom is -0.297 e. The van der Waals surface area contributed by atoms with E-state index in [1.165, 1.54) is 0 Å². The molecule has 0 aromatic carbocycles. The number of hydrogen-bond acceptors (Lipinski definition) is 2. The van der Waals surface area contributed by atoms with Gasteiger partial charge in [-0.2, -0.15) is 5.26 Å². The van der Waals surface area contributed by atoms with Gasteiger partial charge in [0.25, 0.3) is 0 Å². The van der Waals surface area contributed by atoms with E-state index in [0.29, 0.717) is 11.8 Å². The minimum atomic E-state index is -0.697. The maximum absolute atomic E-state index is 12.4. The van der Waals surface area contributed by atoms with Crippen LogP contribution in [0.2, 0.25) is 0 Å². The Bertz CT molecular complexity index is 337. The maximum atomic E-state index is 12.4. The zero-order chi connectivity index (χ0) is 13.3. The fourth-order valence-electron chi connectivity index (χ4n) is 3.23. The van der Waals surface area contributed by atoms with Crippen LogP contribution in [0.15, 0.2) is 0 Å². The summed E-state index contributed by atoms with van der Waals surface area (Å²) in [5.41, 5.74) is -0.995. The number of ketones is 1. The van der Waals surface area contributed by atoms with Gasteiger partial charge in [0.1, 0.15) is 5.41 Å². The number of carbonyl (C=O) groups is 1. The molecule has 2 unspecified atom stereocenters. The van der Waals surface area contributed by atoms with Gasteiger partial charge in [-0.1, -0.05) is 34.6 Å². The molecule has 17 heavy (non-hydrogen) atoms. The first-order valence-electron chi connectivity index (χ1n) is 6.70. The van der Waals surface area contributed by atoms with Crippen molar-refractivity contribution in [3.8, 4) is 6.07 Å². The first-order chi connectivity index (χ1) is 7.73. The molecule has 0 spiro atoms. The lowest BCUT2D eigenvalue weighted by Gasteiger charge is -2.26. The summed E-state index contributed by atoms with van der Waals surface area (Å²) in [6.45, 7) is 10.5. The molecule has 0 saturated heterocycles. The van der Waals surface area contributed by atoms with Gasteiger partial charge in [-0.25, -0.2) is 0 Å². The second kappa shape index (κ2) is 4.80. The number of nitrogens with zero attached hydrogens (tertiary/aromatic N) is 1. The van der Waals surface area contributed by atoms with Crippen LogP contribution in [0.1, 0.15) is 60.3 Å². The van der Waals surface area contributed by atoms with Crippen molar-refractivity contribution in [2.45, 2.75) is 60.3 Å². The molecule has 1 aliphatic rings. The molecule has 0 aliphatic heterocycles. The summed E-state index contributed by atoms with van der Waals surface area (Å²) in [5.74, 6) is 1.25. The lowest BCUT2D eigenvalue weighted by atomic mass is 9.74. The molecule has 0 N–H and O–H groups in total. The fraction of sp³-hybridized carbons (Fsp3) is 0.867. The molecule has 1 fully saturated rings. The van der Waals surface area contributed by atoms with Crippen LogP contribution >= 0.6 is 0 Å².